The molecule has 13 heteroatoms. The number of hydrogen-bond donors (Lipinski definition) is 3. The van der Waals surface area contributed by atoms with E-state index in [-0.39, 0.29) is 39.4 Å². The number of nitrogens with zero attached hydrogens (tertiary/aromatic N) is 2. The van der Waals surface area contributed by atoms with Crippen LogP contribution in [0, 0.1) is 23.0 Å². The van der Waals surface area contributed by atoms with Crippen LogP contribution in [0.4, 0.5) is 27.8 Å². The van der Waals surface area contributed by atoms with E-state index in [2.05, 4.69) is 27.0 Å². The minimum atomic E-state index is -4.63. The summed E-state index contributed by atoms with van der Waals surface area (Å²) in [6.45, 7) is -1.48. The van der Waals surface area contributed by atoms with Gasteiger partial charge in [0.15, 0.2) is 0 Å². The second-order valence-electron chi connectivity index (χ2n) is 10.1. The maximum Gasteiger partial charge on any atom is 0.405 e. The zero-order valence-electron chi connectivity index (χ0n) is 22.7. The van der Waals surface area contributed by atoms with Gasteiger partial charge >= 0.3 is 6.18 Å². The van der Waals surface area contributed by atoms with E-state index in [0.29, 0.717) is 31.2 Å². The number of anilines is 1. The standard InChI is InChI=1S/C30H24F5N5O3/c1-37-27(42)23-21-13-19(17-6-9-22(32)20(12-17)26(41)40-29(14-36)10-2-3-11-29)25(38-15-30(33,34)35)39-28(21)43-24(23)16-4-7-18(31)8-5-16/h4-9,12-13H,2-3,10-11,15H2,1H3,(H,37,42)(H,38,39)(H,40,41). The highest BCUT2D eigenvalue weighted by Gasteiger charge is 2.36. The number of nitrogens with one attached hydrogen (secondary N) is 3. The van der Waals surface area contributed by atoms with Crippen molar-refractivity contribution >= 4 is 28.7 Å². The van der Waals surface area contributed by atoms with Crippen LogP contribution in [0.5, 0.6) is 0 Å². The van der Waals surface area contributed by atoms with Gasteiger partial charge in [0.2, 0.25) is 5.71 Å². The molecule has 2 heterocycles. The highest BCUT2D eigenvalue weighted by atomic mass is 19.4. The number of furan rings is 1. The third-order valence-electron chi connectivity index (χ3n) is 7.25. The minimum absolute atomic E-state index is 0.00157. The molecule has 4 aromatic rings. The number of pyridine rings is 1. The van der Waals surface area contributed by atoms with Gasteiger partial charge in [-0.05, 0) is 73.7 Å². The first-order chi connectivity index (χ1) is 20.4. The zero-order chi connectivity index (χ0) is 30.9. The lowest BCUT2D eigenvalue weighted by Gasteiger charge is -2.22. The lowest BCUT2D eigenvalue weighted by Crippen LogP contribution is -2.45. The van der Waals surface area contributed by atoms with Gasteiger partial charge in [0.25, 0.3) is 11.8 Å². The summed E-state index contributed by atoms with van der Waals surface area (Å²) in [4.78, 5) is 30.3. The zero-order valence-corrected chi connectivity index (χ0v) is 22.7. The summed E-state index contributed by atoms with van der Waals surface area (Å²) in [5.74, 6) is -3.22. The van der Waals surface area contributed by atoms with Crippen LogP contribution in [0.15, 0.2) is 52.9 Å². The van der Waals surface area contributed by atoms with Crippen molar-refractivity contribution in [3.63, 3.8) is 0 Å². The summed E-state index contributed by atoms with van der Waals surface area (Å²) >= 11 is 0. The van der Waals surface area contributed by atoms with Crippen molar-refractivity contribution in [1.82, 2.24) is 15.6 Å². The van der Waals surface area contributed by atoms with Gasteiger partial charge in [-0.2, -0.15) is 23.4 Å². The summed E-state index contributed by atoms with van der Waals surface area (Å²) in [6, 6.07) is 11.9. The molecular formula is C30H24F5N5O3. The van der Waals surface area contributed by atoms with Crippen molar-refractivity contribution in [2.75, 3.05) is 18.9 Å². The summed E-state index contributed by atoms with van der Waals surface area (Å²) in [6.07, 6.45) is -2.39. The molecule has 43 heavy (non-hydrogen) atoms. The molecule has 5 rings (SSSR count). The second-order valence-corrected chi connectivity index (χ2v) is 10.1. The van der Waals surface area contributed by atoms with Crippen molar-refractivity contribution in [2.45, 2.75) is 37.4 Å². The number of rotatable bonds is 7. The Labute approximate surface area is 241 Å². The van der Waals surface area contributed by atoms with E-state index in [0.717, 1.165) is 24.3 Å². The Morgan fingerprint density at radius 3 is 2.33 bits per heavy atom. The van der Waals surface area contributed by atoms with E-state index in [4.69, 9.17) is 4.42 Å². The Morgan fingerprint density at radius 2 is 1.70 bits per heavy atom. The van der Waals surface area contributed by atoms with Gasteiger partial charge in [-0.3, -0.25) is 9.59 Å². The van der Waals surface area contributed by atoms with Crippen LogP contribution in [0.2, 0.25) is 0 Å². The van der Waals surface area contributed by atoms with Crippen molar-refractivity contribution in [2.24, 2.45) is 0 Å². The fraction of sp³-hybridized carbons (Fsp3) is 0.267. The van der Waals surface area contributed by atoms with E-state index < -0.39 is 47.3 Å². The Balaban J connectivity index is 1.67. The molecular weight excluding hydrogens is 573 g/mol. The van der Waals surface area contributed by atoms with Gasteiger partial charge in [0.1, 0.15) is 35.3 Å². The first-order valence-corrected chi connectivity index (χ1v) is 13.2. The third kappa shape index (κ3) is 5.99. The van der Waals surface area contributed by atoms with Crippen molar-refractivity contribution in [3.8, 4) is 28.5 Å². The molecule has 3 N–H and O–H groups in total. The lowest BCUT2D eigenvalue weighted by molar-refractivity contribution is -0.115. The second kappa shape index (κ2) is 11.4. The molecule has 1 fully saturated rings. The molecule has 1 saturated carbocycles. The first-order valence-electron chi connectivity index (χ1n) is 13.2. The Morgan fingerprint density at radius 1 is 1.02 bits per heavy atom. The highest BCUT2D eigenvalue weighted by molar-refractivity contribution is 6.11. The number of alkyl halides is 3. The van der Waals surface area contributed by atoms with Crippen molar-refractivity contribution in [1.29, 1.82) is 5.26 Å². The fourth-order valence-corrected chi connectivity index (χ4v) is 5.11. The number of halogens is 5. The predicted molar refractivity (Wildman–Crippen MR) is 147 cm³/mol. The smallest absolute Gasteiger partial charge is 0.405 e. The van der Waals surface area contributed by atoms with Crippen LogP contribution in [0.1, 0.15) is 46.4 Å². The maximum absolute atomic E-state index is 14.9. The molecule has 8 nitrogen and oxygen atoms in total. The number of benzene rings is 2. The number of nitriles is 1. The number of aromatic nitrogens is 1. The third-order valence-corrected chi connectivity index (χ3v) is 7.25. The van der Waals surface area contributed by atoms with E-state index in [9.17, 15) is 36.8 Å². The first kappa shape index (κ1) is 29.5. The van der Waals surface area contributed by atoms with E-state index in [1.165, 1.54) is 31.3 Å². The Bertz CT molecular complexity index is 1750. The Kier molecular flexibility index (Phi) is 7.79. The molecule has 0 saturated heterocycles. The van der Waals surface area contributed by atoms with Gasteiger partial charge in [-0.15, -0.1) is 0 Å². The molecule has 0 bridgehead atoms. The molecule has 1 aliphatic carbocycles. The normalized spacial score (nSPS) is 14.3. The van der Waals surface area contributed by atoms with Crippen molar-refractivity contribution < 1.29 is 36.0 Å². The lowest BCUT2D eigenvalue weighted by atomic mass is 9.97. The van der Waals surface area contributed by atoms with Crippen molar-refractivity contribution in [3.05, 3.63) is 71.3 Å². The van der Waals surface area contributed by atoms with E-state index in [1.54, 1.807) is 0 Å². The average Bonchev–Trinajstić information content (AvgIpc) is 3.60. The van der Waals surface area contributed by atoms with Crippen LogP contribution < -0.4 is 16.0 Å². The van der Waals surface area contributed by atoms with Crippen LogP contribution in [0.3, 0.4) is 0 Å². The van der Waals surface area contributed by atoms with Gasteiger partial charge in [-0.25, -0.2) is 8.78 Å². The van der Waals surface area contributed by atoms with E-state index in [1.807, 2.05) is 0 Å². The monoisotopic (exact) mass is 597 g/mol. The fourth-order valence-electron chi connectivity index (χ4n) is 5.11. The number of carbonyl (C=O) groups is 2. The number of hydrogen-bond acceptors (Lipinski definition) is 6. The quantitative estimate of drug-likeness (QED) is 0.214. The summed E-state index contributed by atoms with van der Waals surface area (Å²) in [5, 5.41) is 17.1. The molecule has 0 radical (unpaired) electrons. The molecule has 222 valence electrons. The average molecular weight is 598 g/mol. The molecule has 1 aliphatic rings. The van der Waals surface area contributed by atoms with Gasteiger partial charge in [0, 0.05) is 18.2 Å². The largest absolute Gasteiger partial charge is 0.437 e. The number of fused-ring (bicyclic) bond motifs is 1. The molecule has 0 spiro atoms. The molecule has 2 amide bonds. The highest BCUT2D eigenvalue weighted by Crippen LogP contribution is 2.39. The number of carbonyl (C=O) groups excluding carboxylic acids is 2. The summed E-state index contributed by atoms with van der Waals surface area (Å²) in [7, 11) is 1.37. The predicted octanol–water partition coefficient (Wildman–Crippen LogP) is 6.34. The summed E-state index contributed by atoms with van der Waals surface area (Å²) in [5.41, 5.74) is -1.35. The minimum Gasteiger partial charge on any atom is -0.437 e. The number of amides is 2. The van der Waals surface area contributed by atoms with Crippen LogP contribution in [-0.4, -0.2) is 42.1 Å². The van der Waals surface area contributed by atoms with Gasteiger partial charge in [-0.1, -0.05) is 6.07 Å². The summed E-state index contributed by atoms with van der Waals surface area (Å²) < 4.78 is 74.0. The maximum atomic E-state index is 14.9. The van der Waals surface area contributed by atoms with Crippen LogP contribution in [-0.2, 0) is 0 Å². The molecule has 0 aliphatic heterocycles. The van der Waals surface area contributed by atoms with Gasteiger partial charge in [0.05, 0.1) is 22.6 Å². The molecule has 0 unspecified atom stereocenters. The van der Waals surface area contributed by atoms with Gasteiger partial charge < -0.3 is 20.4 Å². The van der Waals surface area contributed by atoms with Crippen LogP contribution in [0.25, 0.3) is 33.6 Å². The van der Waals surface area contributed by atoms with Crippen LogP contribution >= 0.6 is 0 Å². The Hall–Kier alpha value is -4.99. The van der Waals surface area contributed by atoms with E-state index >= 15 is 0 Å². The SMILES string of the molecule is CNC(=O)c1c(-c2ccc(F)cc2)oc2nc(NCC(F)(F)F)c(-c3ccc(F)c(C(=O)NC4(C#N)CCCC4)c3)cc12. The topological polar surface area (TPSA) is 120 Å². The molecule has 2 aromatic heterocycles. The molecule has 0 atom stereocenters. The molecule has 2 aromatic carbocycles.